The van der Waals surface area contributed by atoms with Crippen LogP contribution in [0.4, 0.5) is 34.1 Å². The van der Waals surface area contributed by atoms with E-state index in [-0.39, 0.29) is 12.1 Å². The van der Waals surface area contributed by atoms with Crippen LogP contribution < -0.4 is 26.2 Å². The fourth-order valence-electron chi connectivity index (χ4n) is 14.7. The van der Waals surface area contributed by atoms with Crippen molar-refractivity contribution in [3.05, 3.63) is 309 Å². The SMILES string of the molecule is CC(C)(C)Cc1cc2c3c(c1)N(c1cc(-c4ccccc4)ccc1-c1ccccc1)c1cc(-n4c5ccccc5c5ccccc54)ccc1B3c1ccc(-n3c4ccccc4c4ccccc43)cc1N2c1cc(-c2ccccc2)ccc1-c1ccccc1. The molecular formula is C83H61BN4. The lowest BCUT2D eigenvalue weighted by Crippen LogP contribution is -2.61. The third kappa shape index (κ3) is 8.37. The van der Waals surface area contributed by atoms with Crippen LogP contribution in [0.3, 0.4) is 0 Å². The molecular weight excluding hydrogens is 1060 g/mol. The van der Waals surface area contributed by atoms with Crippen LogP contribution in [0.25, 0.3) is 99.5 Å². The Morgan fingerprint density at radius 1 is 0.284 bits per heavy atom. The monoisotopic (exact) mass is 1120 g/mol. The molecule has 0 N–H and O–H groups in total. The average Bonchev–Trinajstić information content (AvgIpc) is 0.802. The molecule has 15 aromatic rings. The lowest BCUT2D eigenvalue weighted by Gasteiger charge is -2.45. The minimum absolute atomic E-state index is 0.0482. The molecule has 416 valence electrons. The van der Waals surface area contributed by atoms with Gasteiger partial charge in [-0.05, 0) is 140 Å². The van der Waals surface area contributed by atoms with Gasteiger partial charge in [-0.25, -0.2) is 0 Å². The quantitative estimate of drug-likeness (QED) is 0.134. The molecule has 2 aliphatic heterocycles. The van der Waals surface area contributed by atoms with Crippen molar-refractivity contribution in [1.29, 1.82) is 0 Å². The molecule has 88 heavy (non-hydrogen) atoms. The molecule has 0 unspecified atom stereocenters. The highest BCUT2D eigenvalue weighted by atomic mass is 15.2. The second-order valence-electron chi connectivity index (χ2n) is 25.0. The van der Waals surface area contributed by atoms with E-state index in [1.165, 1.54) is 88.1 Å². The Morgan fingerprint density at radius 2 is 0.625 bits per heavy atom. The molecule has 13 aromatic carbocycles. The van der Waals surface area contributed by atoms with E-state index in [1.807, 2.05) is 0 Å². The minimum atomic E-state index is -0.166. The highest BCUT2D eigenvalue weighted by Crippen LogP contribution is 2.51. The average molecular weight is 1130 g/mol. The van der Waals surface area contributed by atoms with Gasteiger partial charge in [0.05, 0.1) is 33.4 Å². The number of benzene rings is 13. The molecule has 0 radical (unpaired) electrons. The summed E-state index contributed by atoms with van der Waals surface area (Å²) in [5, 5.41) is 4.96. The van der Waals surface area contributed by atoms with Crippen molar-refractivity contribution < 1.29 is 0 Å². The topological polar surface area (TPSA) is 16.3 Å². The lowest BCUT2D eigenvalue weighted by molar-refractivity contribution is 0.411. The number of para-hydroxylation sites is 4. The Balaban J connectivity index is 1.03. The van der Waals surface area contributed by atoms with E-state index < -0.39 is 0 Å². The van der Waals surface area contributed by atoms with Gasteiger partial charge in [0.25, 0.3) is 6.71 Å². The summed E-state index contributed by atoms with van der Waals surface area (Å²) in [6, 6.07) is 114. The Morgan fingerprint density at radius 3 is 0.989 bits per heavy atom. The first-order valence-electron chi connectivity index (χ1n) is 30.8. The number of nitrogens with zero attached hydrogens (tertiary/aromatic N) is 4. The maximum Gasteiger partial charge on any atom is 0.252 e. The van der Waals surface area contributed by atoms with Gasteiger partial charge >= 0.3 is 0 Å². The number of aromatic nitrogens is 2. The van der Waals surface area contributed by atoms with Crippen LogP contribution in [-0.4, -0.2) is 15.8 Å². The van der Waals surface area contributed by atoms with E-state index in [0.29, 0.717) is 0 Å². The smallest absolute Gasteiger partial charge is 0.252 e. The number of fused-ring (bicyclic) bond motifs is 10. The summed E-state index contributed by atoms with van der Waals surface area (Å²) in [6.45, 7) is 6.97. The Bertz CT molecular complexity index is 4810. The number of anilines is 6. The predicted molar refractivity (Wildman–Crippen MR) is 374 cm³/mol. The summed E-state index contributed by atoms with van der Waals surface area (Å²) in [7, 11) is 0. The van der Waals surface area contributed by atoms with Crippen LogP contribution in [0.2, 0.25) is 0 Å². The zero-order valence-electron chi connectivity index (χ0n) is 49.4. The maximum atomic E-state index is 2.66. The van der Waals surface area contributed by atoms with Gasteiger partial charge in [0.15, 0.2) is 0 Å². The van der Waals surface area contributed by atoms with Gasteiger partial charge in [-0.2, -0.15) is 0 Å². The van der Waals surface area contributed by atoms with Crippen LogP contribution in [0.1, 0.15) is 26.3 Å². The molecule has 0 saturated heterocycles. The van der Waals surface area contributed by atoms with E-state index >= 15 is 0 Å². The zero-order chi connectivity index (χ0) is 58.6. The zero-order valence-corrected chi connectivity index (χ0v) is 49.4. The number of hydrogen-bond acceptors (Lipinski definition) is 2. The van der Waals surface area contributed by atoms with Gasteiger partial charge in [0.2, 0.25) is 0 Å². The first-order valence-corrected chi connectivity index (χ1v) is 30.8. The van der Waals surface area contributed by atoms with E-state index in [1.54, 1.807) is 0 Å². The van der Waals surface area contributed by atoms with Crippen molar-refractivity contribution in [3.8, 4) is 55.9 Å². The van der Waals surface area contributed by atoms with Gasteiger partial charge < -0.3 is 18.9 Å². The van der Waals surface area contributed by atoms with Crippen LogP contribution >= 0.6 is 0 Å². The van der Waals surface area contributed by atoms with Crippen LogP contribution in [0.15, 0.2) is 303 Å². The summed E-state index contributed by atoms with van der Waals surface area (Å²) in [5.41, 5.74) is 28.2. The third-order valence-electron chi connectivity index (χ3n) is 18.4. The van der Waals surface area contributed by atoms with E-state index in [9.17, 15) is 0 Å². The van der Waals surface area contributed by atoms with Crippen molar-refractivity contribution >= 4 is 101 Å². The van der Waals surface area contributed by atoms with Crippen molar-refractivity contribution in [2.45, 2.75) is 27.2 Å². The number of hydrogen-bond donors (Lipinski definition) is 0. The summed E-state index contributed by atoms with van der Waals surface area (Å²) in [6.07, 6.45) is 0.854. The van der Waals surface area contributed by atoms with Gasteiger partial charge in [-0.3, -0.25) is 0 Å². The molecule has 0 amide bonds. The molecule has 0 saturated carbocycles. The van der Waals surface area contributed by atoms with Gasteiger partial charge in [0.1, 0.15) is 0 Å². The molecule has 0 fully saturated rings. The van der Waals surface area contributed by atoms with Crippen molar-refractivity contribution in [2.24, 2.45) is 5.41 Å². The third-order valence-corrected chi connectivity index (χ3v) is 18.4. The van der Waals surface area contributed by atoms with Crippen LogP contribution in [0, 0.1) is 5.41 Å². The molecule has 2 aromatic heterocycles. The van der Waals surface area contributed by atoms with Crippen molar-refractivity contribution in [2.75, 3.05) is 9.80 Å². The molecule has 0 aliphatic carbocycles. The normalized spacial score (nSPS) is 12.7. The molecule has 5 heteroatoms. The van der Waals surface area contributed by atoms with Gasteiger partial charge in [0, 0.05) is 66.8 Å². The van der Waals surface area contributed by atoms with Gasteiger partial charge in [-0.1, -0.05) is 251 Å². The molecule has 0 spiro atoms. The van der Waals surface area contributed by atoms with E-state index in [2.05, 4.69) is 343 Å². The van der Waals surface area contributed by atoms with Crippen LogP contribution in [0.5, 0.6) is 0 Å². The highest BCUT2D eigenvalue weighted by molar-refractivity contribution is 7.00. The summed E-state index contributed by atoms with van der Waals surface area (Å²) in [5.74, 6) is 0. The molecule has 0 atom stereocenters. The molecule has 0 bridgehead atoms. The summed E-state index contributed by atoms with van der Waals surface area (Å²) in [4.78, 5) is 5.33. The van der Waals surface area contributed by atoms with E-state index in [4.69, 9.17) is 0 Å². The molecule has 4 heterocycles. The number of rotatable bonds is 9. The van der Waals surface area contributed by atoms with Gasteiger partial charge in [-0.15, -0.1) is 0 Å². The maximum absolute atomic E-state index is 2.66. The Labute approximate surface area is 514 Å². The van der Waals surface area contributed by atoms with Crippen LogP contribution in [-0.2, 0) is 6.42 Å². The lowest BCUT2D eigenvalue weighted by atomic mass is 9.33. The molecule has 4 nitrogen and oxygen atoms in total. The van der Waals surface area contributed by atoms with Crippen molar-refractivity contribution in [3.63, 3.8) is 0 Å². The Hall–Kier alpha value is -10.9. The summed E-state index contributed by atoms with van der Waals surface area (Å²) < 4.78 is 4.97. The first-order chi connectivity index (χ1) is 43.3. The molecule has 17 rings (SSSR count). The molecule has 2 aliphatic rings. The standard InChI is InChI=1S/C83H61BN4/c1-83(2,3)54-55-48-80-82-81(49-55)88(77-51-61(57-26-10-5-11-27-57)41-45-65(77)59-30-14-7-15-31-59)79-53-63(86-74-38-22-18-34-68(74)69-35-19-23-39-75(69)86)43-47-71(79)84(82)70-46-42-62(85-72-36-20-16-32-66(72)67-33-17-21-37-73(67)85)52-78(70)87(80)76-50-60(56-24-8-4-9-25-56)40-44-64(76)58-28-12-6-13-29-58/h4-53H,54H2,1-3H3. The predicted octanol–water partition coefficient (Wildman–Crippen LogP) is 20.2. The fourth-order valence-corrected chi connectivity index (χ4v) is 14.7. The first kappa shape index (κ1) is 51.5. The Kier molecular flexibility index (Phi) is 11.9. The second-order valence-corrected chi connectivity index (χ2v) is 25.0. The van der Waals surface area contributed by atoms with E-state index in [0.717, 1.165) is 73.9 Å². The highest BCUT2D eigenvalue weighted by Gasteiger charge is 2.45. The second kappa shape index (κ2) is 20.4. The largest absolute Gasteiger partial charge is 0.311 e. The minimum Gasteiger partial charge on any atom is -0.311 e. The summed E-state index contributed by atoms with van der Waals surface area (Å²) >= 11 is 0. The fraction of sp³-hybridized carbons (Fsp3) is 0.0602. The van der Waals surface area contributed by atoms with Crippen molar-refractivity contribution in [1.82, 2.24) is 9.13 Å².